The Morgan fingerprint density at radius 2 is 3.00 bits per heavy atom. The third-order valence-electron chi connectivity index (χ3n) is 0.408. The molecule has 0 aliphatic carbocycles. The molecule has 1 aliphatic rings. The molecule has 0 bridgehead atoms. The molecule has 1 radical (unpaired) electrons. The molecule has 0 fully saturated rings. The van der Waals surface area contributed by atoms with E-state index in [1.165, 1.54) is 12.0 Å². The Balaban J connectivity index is 2.26. The monoisotopic (exact) mass is 102 g/mol. The third-order valence-corrected chi connectivity index (χ3v) is 0.876. The van der Waals surface area contributed by atoms with Gasteiger partial charge < -0.3 is 5.32 Å². The quantitative estimate of drug-likeness (QED) is 0.450. The summed E-state index contributed by atoms with van der Waals surface area (Å²) < 4.78 is 4.76. The number of rotatable bonds is 0. The first-order valence-corrected chi connectivity index (χ1v) is 2.39. The number of hydrogen-bond acceptors (Lipinski definition) is 3. The Bertz CT molecular complexity index is 55.8. The minimum atomic E-state index is 0.571. The molecule has 0 spiro atoms. The van der Waals surface area contributed by atoms with Crippen molar-refractivity contribution >= 4 is 12.0 Å². The molecule has 6 heavy (non-hydrogen) atoms. The van der Waals surface area contributed by atoms with Crippen LogP contribution in [0.2, 0.25) is 0 Å². The Morgan fingerprint density at radius 1 is 2.00 bits per heavy atom. The molecule has 3 heteroatoms. The van der Waals surface area contributed by atoms with E-state index in [-0.39, 0.29) is 0 Å². The maximum absolute atomic E-state index is 4.76. The minimum absolute atomic E-state index is 0.571. The molecule has 0 atom stereocenters. The molecule has 0 saturated carbocycles. The van der Waals surface area contributed by atoms with Gasteiger partial charge in [-0.15, -0.1) is 0 Å². The van der Waals surface area contributed by atoms with Crippen LogP contribution in [0.25, 0.3) is 0 Å². The number of nitrogens with one attached hydrogen (secondary N) is 1. The van der Waals surface area contributed by atoms with Crippen molar-refractivity contribution in [3.05, 3.63) is 11.6 Å². The second-order valence-electron chi connectivity index (χ2n) is 0.797. The number of hydrogen-bond donors (Lipinski definition) is 1. The van der Waals surface area contributed by atoms with Gasteiger partial charge in [0.1, 0.15) is 6.73 Å². The van der Waals surface area contributed by atoms with Crippen molar-refractivity contribution in [2.45, 2.75) is 0 Å². The maximum atomic E-state index is 4.76. The van der Waals surface area contributed by atoms with E-state index in [2.05, 4.69) is 11.5 Å². The zero-order valence-electron chi connectivity index (χ0n) is 3.10. The largest absolute Gasteiger partial charge is 0.360 e. The van der Waals surface area contributed by atoms with Crippen LogP contribution in [0.15, 0.2) is 5.41 Å². The first-order valence-electron chi connectivity index (χ1n) is 1.58. The fourth-order valence-corrected chi connectivity index (χ4v) is 0.531. The van der Waals surface area contributed by atoms with Crippen LogP contribution in [0.1, 0.15) is 0 Å². The lowest BCUT2D eigenvalue weighted by atomic mass is 11.0. The lowest BCUT2D eigenvalue weighted by Crippen LogP contribution is -2.10. The molecule has 1 rings (SSSR count). The summed E-state index contributed by atoms with van der Waals surface area (Å²) in [4.78, 5) is 0. The summed E-state index contributed by atoms with van der Waals surface area (Å²) in [6, 6.07) is 0. The van der Waals surface area contributed by atoms with Crippen molar-refractivity contribution in [1.29, 1.82) is 0 Å². The van der Waals surface area contributed by atoms with E-state index >= 15 is 0 Å². The van der Waals surface area contributed by atoms with Gasteiger partial charge in [-0.1, -0.05) is 0 Å². The van der Waals surface area contributed by atoms with E-state index in [4.69, 9.17) is 4.18 Å². The van der Waals surface area contributed by atoms with Crippen LogP contribution in [0.3, 0.4) is 0 Å². The molecular weight excluding hydrogens is 98.1 g/mol. The predicted octanol–water partition coefficient (Wildman–Crippen LogP) is 0.486. The van der Waals surface area contributed by atoms with Crippen molar-refractivity contribution in [2.75, 3.05) is 6.73 Å². The van der Waals surface area contributed by atoms with E-state index < -0.39 is 0 Å². The SMILES string of the molecule is [C]1=CSOCN1. The highest BCUT2D eigenvalue weighted by Crippen LogP contribution is 2.03. The van der Waals surface area contributed by atoms with Crippen LogP contribution in [-0.2, 0) is 4.18 Å². The van der Waals surface area contributed by atoms with Gasteiger partial charge in [0.15, 0.2) is 0 Å². The molecule has 1 N–H and O–H groups in total. The Morgan fingerprint density at radius 3 is 3.17 bits per heavy atom. The maximum Gasteiger partial charge on any atom is 0.131 e. The van der Waals surface area contributed by atoms with Crippen molar-refractivity contribution < 1.29 is 4.18 Å². The lowest BCUT2D eigenvalue weighted by molar-refractivity contribution is 0.349. The van der Waals surface area contributed by atoms with Gasteiger partial charge in [0.2, 0.25) is 0 Å². The Kier molecular flexibility index (Phi) is 1.41. The molecular formula is C3H4NOS. The van der Waals surface area contributed by atoms with Crippen LogP contribution in [-0.4, -0.2) is 6.73 Å². The first kappa shape index (κ1) is 4.02. The summed E-state index contributed by atoms with van der Waals surface area (Å²) in [6.45, 7) is 0.571. The van der Waals surface area contributed by atoms with Crippen LogP contribution in [0.4, 0.5) is 0 Å². The molecule has 0 unspecified atom stereocenters. The molecule has 0 aromatic heterocycles. The summed E-state index contributed by atoms with van der Waals surface area (Å²) in [6.07, 6.45) is 2.75. The molecule has 0 amide bonds. The van der Waals surface area contributed by atoms with Crippen molar-refractivity contribution in [3.63, 3.8) is 0 Å². The van der Waals surface area contributed by atoms with Gasteiger partial charge in [0, 0.05) is 17.5 Å². The normalized spacial score (nSPS) is 20.0. The summed E-state index contributed by atoms with van der Waals surface area (Å²) in [5, 5.41) is 4.46. The van der Waals surface area contributed by atoms with Gasteiger partial charge in [-0.25, -0.2) is 0 Å². The molecule has 2 nitrogen and oxygen atoms in total. The summed E-state index contributed by atoms with van der Waals surface area (Å²) in [5.74, 6) is 0. The van der Waals surface area contributed by atoms with Gasteiger partial charge in [-0.3, -0.25) is 4.18 Å². The Hall–Kier alpha value is -0.150. The van der Waals surface area contributed by atoms with Gasteiger partial charge in [-0.2, -0.15) is 0 Å². The summed E-state index contributed by atoms with van der Waals surface area (Å²) >= 11 is 1.30. The van der Waals surface area contributed by atoms with Gasteiger partial charge in [0.05, 0.1) is 6.20 Å². The lowest BCUT2D eigenvalue weighted by Gasteiger charge is -2.01. The molecule has 0 aromatic rings. The summed E-state index contributed by atoms with van der Waals surface area (Å²) in [7, 11) is 0. The van der Waals surface area contributed by atoms with Crippen LogP contribution < -0.4 is 5.32 Å². The van der Waals surface area contributed by atoms with Crippen LogP contribution in [0, 0.1) is 6.20 Å². The smallest absolute Gasteiger partial charge is 0.131 e. The van der Waals surface area contributed by atoms with E-state index in [0.717, 1.165) is 0 Å². The summed E-state index contributed by atoms with van der Waals surface area (Å²) in [5.41, 5.74) is 0. The zero-order chi connectivity index (χ0) is 4.24. The van der Waals surface area contributed by atoms with E-state index in [0.29, 0.717) is 6.73 Å². The third kappa shape index (κ3) is 0.914. The fraction of sp³-hybridized carbons (Fsp3) is 0.333. The second kappa shape index (κ2) is 2.10. The van der Waals surface area contributed by atoms with E-state index in [1.807, 2.05) is 0 Å². The van der Waals surface area contributed by atoms with E-state index in [9.17, 15) is 0 Å². The highest BCUT2D eigenvalue weighted by atomic mass is 32.2. The Labute approximate surface area is 40.8 Å². The second-order valence-corrected chi connectivity index (χ2v) is 1.46. The van der Waals surface area contributed by atoms with Gasteiger partial charge in [0.25, 0.3) is 0 Å². The fourth-order valence-electron chi connectivity index (χ4n) is 0.205. The van der Waals surface area contributed by atoms with Crippen molar-refractivity contribution in [1.82, 2.24) is 5.32 Å². The van der Waals surface area contributed by atoms with Gasteiger partial charge >= 0.3 is 0 Å². The van der Waals surface area contributed by atoms with Crippen molar-refractivity contribution in [3.8, 4) is 0 Å². The zero-order valence-corrected chi connectivity index (χ0v) is 3.92. The topological polar surface area (TPSA) is 21.3 Å². The van der Waals surface area contributed by atoms with Crippen LogP contribution in [0.5, 0.6) is 0 Å². The average molecular weight is 102 g/mol. The molecule has 1 heterocycles. The molecule has 33 valence electrons. The molecule has 0 aromatic carbocycles. The predicted molar refractivity (Wildman–Crippen MR) is 24.5 cm³/mol. The van der Waals surface area contributed by atoms with E-state index in [1.54, 1.807) is 5.41 Å². The highest BCUT2D eigenvalue weighted by molar-refractivity contribution is 7.97. The van der Waals surface area contributed by atoms with Crippen LogP contribution >= 0.6 is 12.0 Å². The molecule has 1 aliphatic heterocycles. The minimum Gasteiger partial charge on any atom is -0.360 e. The highest BCUT2D eigenvalue weighted by Gasteiger charge is 1.85. The van der Waals surface area contributed by atoms with Crippen molar-refractivity contribution in [2.24, 2.45) is 0 Å². The average Bonchev–Trinajstić information content (AvgIpc) is 1.72. The molecule has 0 saturated heterocycles. The standard InChI is InChI=1S/C3H4NOS/c1-2-6-5-3-4-1/h2,4H,3H2. The first-order chi connectivity index (χ1) is 3.00. The van der Waals surface area contributed by atoms with Gasteiger partial charge in [-0.05, 0) is 0 Å².